The fourth-order valence-corrected chi connectivity index (χ4v) is 5.38. The molecule has 0 unspecified atom stereocenters. The van der Waals surface area contributed by atoms with Crippen LogP contribution in [0.15, 0.2) is 64.6 Å². The number of thioether (sulfide) groups is 1. The number of aromatic nitrogens is 4. The zero-order valence-electron chi connectivity index (χ0n) is 19.2. The number of hydrogen-bond donors (Lipinski definition) is 0. The van der Waals surface area contributed by atoms with Crippen molar-refractivity contribution >= 4 is 32.8 Å². The van der Waals surface area contributed by atoms with E-state index in [2.05, 4.69) is 16.5 Å². The van der Waals surface area contributed by atoms with Gasteiger partial charge >= 0.3 is 0 Å². The van der Waals surface area contributed by atoms with Crippen LogP contribution in [-0.4, -0.2) is 46.3 Å². The van der Waals surface area contributed by atoms with Crippen molar-refractivity contribution in [3.63, 3.8) is 0 Å². The third-order valence-corrected chi connectivity index (χ3v) is 7.91. The summed E-state index contributed by atoms with van der Waals surface area (Å²) in [5.41, 5.74) is 4.47. The molecule has 2 aromatic carbocycles. The van der Waals surface area contributed by atoms with Gasteiger partial charge in [-0.1, -0.05) is 49.0 Å². The van der Waals surface area contributed by atoms with Crippen LogP contribution in [0.1, 0.15) is 24.9 Å². The summed E-state index contributed by atoms with van der Waals surface area (Å²) >= 11 is 1.53. The summed E-state index contributed by atoms with van der Waals surface area (Å²) in [6, 6.07) is 17.2. The molecular weight excluding hydrogens is 454 g/mol. The van der Waals surface area contributed by atoms with Gasteiger partial charge in [0.1, 0.15) is 5.82 Å². The Balaban J connectivity index is 1.66. The summed E-state index contributed by atoms with van der Waals surface area (Å²) in [7, 11) is -0.455. The molecular formula is C24H27N5O2S2. The summed E-state index contributed by atoms with van der Waals surface area (Å²) in [4.78, 5) is 14.4. The molecule has 0 amide bonds. The van der Waals surface area contributed by atoms with Crippen LogP contribution in [0.3, 0.4) is 0 Å². The first-order valence-electron chi connectivity index (χ1n) is 10.7. The number of hydrogen-bond acceptors (Lipinski definition) is 6. The molecule has 4 aromatic rings. The van der Waals surface area contributed by atoms with E-state index in [-0.39, 0.29) is 4.90 Å². The molecule has 0 saturated heterocycles. The van der Waals surface area contributed by atoms with Crippen molar-refractivity contribution in [2.24, 2.45) is 0 Å². The molecule has 0 spiro atoms. The van der Waals surface area contributed by atoms with Gasteiger partial charge in [0.15, 0.2) is 5.16 Å². The van der Waals surface area contributed by atoms with Gasteiger partial charge in [-0.3, -0.25) is 0 Å². The van der Waals surface area contributed by atoms with Crippen LogP contribution in [0.25, 0.3) is 22.3 Å². The molecule has 0 bridgehead atoms. The highest BCUT2D eigenvalue weighted by Crippen LogP contribution is 2.27. The number of nitrogens with zero attached hydrogens (tertiary/aromatic N) is 5. The highest BCUT2D eigenvalue weighted by Gasteiger charge is 2.20. The summed E-state index contributed by atoms with van der Waals surface area (Å²) in [5.74, 6) is 1.46. The van der Waals surface area contributed by atoms with Crippen molar-refractivity contribution in [1.82, 2.24) is 23.8 Å². The molecule has 0 aliphatic heterocycles. The van der Waals surface area contributed by atoms with Crippen molar-refractivity contribution in [2.75, 3.05) is 14.1 Å². The predicted molar refractivity (Wildman–Crippen MR) is 133 cm³/mol. The minimum atomic E-state index is -3.52. The number of aryl methyl sites for hydroxylation is 2. The Morgan fingerprint density at radius 3 is 2.45 bits per heavy atom. The molecule has 4 rings (SSSR count). The smallest absolute Gasteiger partial charge is 0.242 e. The van der Waals surface area contributed by atoms with E-state index in [1.807, 2.05) is 49.4 Å². The first-order valence-corrected chi connectivity index (χ1v) is 13.2. The van der Waals surface area contributed by atoms with E-state index in [4.69, 9.17) is 9.97 Å². The maximum atomic E-state index is 12.6. The van der Waals surface area contributed by atoms with Crippen molar-refractivity contribution in [1.29, 1.82) is 0 Å². The third-order valence-electron chi connectivity index (χ3n) is 5.26. The summed E-state index contributed by atoms with van der Waals surface area (Å²) in [6.45, 7) is 4.89. The van der Waals surface area contributed by atoms with Gasteiger partial charge < -0.3 is 4.57 Å². The maximum Gasteiger partial charge on any atom is 0.242 e. The minimum Gasteiger partial charge on any atom is -0.327 e. The Morgan fingerprint density at radius 2 is 1.76 bits per heavy atom. The lowest BCUT2D eigenvalue weighted by Crippen LogP contribution is -2.22. The maximum absolute atomic E-state index is 12.6. The van der Waals surface area contributed by atoms with Gasteiger partial charge in [-0.05, 0) is 37.6 Å². The van der Waals surface area contributed by atoms with E-state index in [9.17, 15) is 8.42 Å². The Kier molecular flexibility index (Phi) is 6.83. The molecule has 33 heavy (non-hydrogen) atoms. The molecule has 0 N–H and O–H groups in total. The second-order valence-corrected chi connectivity index (χ2v) is 11.0. The minimum absolute atomic E-state index is 0.245. The van der Waals surface area contributed by atoms with Crippen LogP contribution >= 0.6 is 11.8 Å². The van der Waals surface area contributed by atoms with E-state index < -0.39 is 10.0 Å². The molecule has 0 aliphatic carbocycles. The molecule has 9 heteroatoms. The van der Waals surface area contributed by atoms with E-state index in [1.54, 1.807) is 12.1 Å². The van der Waals surface area contributed by atoms with E-state index in [1.165, 1.54) is 30.2 Å². The number of imidazole rings is 1. The summed E-state index contributed by atoms with van der Waals surface area (Å²) in [5, 5.41) is 0.694. The van der Waals surface area contributed by atoms with Gasteiger partial charge in [-0.25, -0.2) is 27.7 Å². The van der Waals surface area contributed by atoms with E-state index in [0.717, 1.165) is 41.3 Å². The van der Waals surface area contributed by atoms with Crippen molar-refractivity contribution in [3.05, 3.63) is 66.1 Å². The number of rotatable bonds is 8. The SMILES string of the molecule is CCCn1c(CSc2nc(C)cc(-c3ccccc3)n2)nc2cc(S(=O)(=O)N(C)C)ccc21. The second-order valence-electron chi connectivity index (χ2n) is 7.95. The van der Waals surface area contributed by atoms with Crippen LogP contribution in [0.4, 0.5) is 0 Å². The summed E-state index contributed by atoms with van der Waals surface area (Å²) < 4.78 is 28.5. The van der Waals surface area contributed by atoms with E-state index >= 15 is 0 Å². The van der Waals surface area contributed by atoms with Crippen molar-refractivity contribution < 1.29 is 8.42 Å². The quantitative estimate of drug-likeness (QED) is 0.267. The van der Waals surface area contributed by atoms with Gasteiger partial charge in [0.05, 0.1) is 27.4 Å². The fraction of sp³-hybridized carbons (Fsp3) is 0.292. The normalized spacial score (nSPS) is 12.0. The average Bonchev–Trinajstić information content (AvgIpc) is 3.15. The first-order chi connectivity index (χ1) is 15.8. The molecule has 172 valence electrons. The van der Waals surface area contributed by atoms with Crippen LogP contribution < -0.4 is 0 Å². The molecule has 0 aliphatic rings. The van der Waals surface area contributed by atoms with Gasteiger partial charge in [-0.2, -0.15) is 0 Å². The molecule has 2 aromatic heterocycles. The van der Waals surface area contributed by atoms with Gasteiger partial charge in [0.25, 0.3) is 0 Å². The molecule has 0 fully saturated rings. The van der Waals surface area contributed by atoms with Crippen LogP contribution in [0.2, 0.25) is 0 Å². The number of sulfonamides is 1. The molecule has 0 radical (unpaired) electrons. The molecule has 0 atom stereocenters. The van der Waals surface area contributed by atoms with Gasteiger partial charge in [0, 0.05) is 31.9 Å². The Hall–Kier alpha value is -2.75. The number of benzene rings is 2. The monoisotopic (exact) mass is 481 g/mol. The molecule has 7 nitrogen and oxygen atoms in total. The van der Waals surface area contributed by atoms with Crippen molar-refractivity contribution in [2.45, 2.75) is 42.6 Å². The zero-order valence-corrected chi connectivity index (χ0v) is 20.8. The average molecular weight is 482 g/mol. The standard InChI is InChI=1S/C24H27N5O2S2/c1-5-13-29-22-12-11-19(33(30,31)28(3)4)15-21(22)26-23(29)16-32-24-25-17(2)14-20(27-24)18-9-7-6-8-10-18/h6-12,14-15H,5,13,16H2,1-4H3. The second kappa shape index (κ2) is 9.62. The lowest BCUT2D eigenvalue weighted by Gasteiger charge is -2.11. The lowest BCUT2D eigenvalue weighted by atomic mass is 10.1. The van der Waals surface area contributed by atoms with Gasteiger partial charge in [-0.15, -0.1) is 0 Å². The number of fused-ring (bicyclic) bond motifs is 1. The van der Waals surface area contributed by atoms with Crippen LogP contribution in [0.5, 0.6) is 0 Å². The first kappa shape index (κ1) is 23.4. The van der Waals surface area contributed by atoms with E-state index in [0.29, 0.717) is 16.4 Å². The largest absolute Gasteiger partial charge is 0.327 e. The highest BCUT2D eigenvalue weighted by molar-refractivity contribution is 7.98. The predicted octanol–water partition coefficient (Wildman–Crippen LogP) is 4.75. The Bertz CT molecular complexity index is 1380. The highest BCUT2D eigenvalue weighted by atomic mass is 32.2. The Labute approximate surface area is 199 Å². The molecule has 0 saturated carbocycles. The summed E-state index contributed by atoms with van der Waals surface area (Å²) in [6.07, 6.45) is 0.944. The fourth-order valence-electron chi connectivity index (χ4n) is 3.61. The lowest BCUT2D eigenvalue weighted by molar-refractivity contribution is 0.521. The van der Waals surface area contributed by atoms with Gasteiger partial charge in [0.2, 0.25) is 10.0 Å². The van der Waals surface area contributed by atoms with Crippen LogP contribution in [-0.2, 0) is 22.3 Å². The topological polar surface area (TPSA) is 81.0 Å². The molecule has 2 heterocycles. The van der Waals surface area contributed by atoms with Crippen molar-refractivity contribution in [3.8, 4) is 11.3 Å². The third kappa shape index (κ3) is 4.95. The van der Waals surface area contributed by atoms with Crippen LogP contribution in [0, 0.1) is 6.92 Å². The Morgan fingerprint density at radius 1 is 1.00 bits per heavy atom. The zero-order chi connectivity index (χ0) is 23.6.